The van der Waals surface area contributed by atoms with Gasteiger partial charge in [0.15, 0.2) is 5.69 Å². The van der Waals surface area contributed by atoms with Crippen LogP contribution in [0.1, 0.15) is 16.2 Å². The summed E-state index contributed by atoms with van der Waals surface area (Å²) in [4.78, 5) is 26.2. The monoisotopic (exact) mass is 386 g/mol. The van der Waals surface area contributed by atoms with Gasteiger partial charge in [-0.1, -0.05) is 0 Å². The van der Waals surface area contributed by atoms with E-state index in [9.17, 15) is 4.79 Å². The quantitative estimate of drug-likeness (QED) is 0.714. The third-order valence-corrected chi connectivity index (χ3v) is 4.75. The Morgan fingerprint density at radius 3 is 2.39 bits per heavy atom. The SMILES string of the molecule is COC(=O)c1cnc(N2C[C@@H]3OCC(Oc4ccc(C)nc4)CO[C@H]3C2)cn1. The normalized spacial score (nSPS) is 22.4. The molecule has 0 amide bonds. The van der Waals surface area contributed by atoms with E-state index in [1.807, 2.05) is 24.0 Å². The summed E-state index contributed by atoms with van der Waals surface area (Å²) in [6, 6.07) is 3.80. The largest absolute Gasteiger partial charge is 0.484 e. The predicted molar refractivity (Wildman–Crippen MR) is 98.5 cm³/mol. The molecule has 0 unspecified atom stereocenters. The molecule has 0 radical (unpaired) electrons. The number of hydrogen-bond donors (Lipinski definition) is 0. The van der Waals surface area contributed by atoms with Crippen molar-refractivity contribution in [2.45, 2.75) is 25.2 Å². The van der Waals surface area contributed by atoms with Gasteiger partial charge >= 0.3 is 5.97 Å². The number of aryl methyl sites for hydroxylation is 1. The molecule has 2 aliphatic rings. The molecule has 0 N–H and O–H groups in total. The Morgan fingerprint density at radius 1 is 1.07 bits per heavy atom. The highest BCUT2D eigenvalue weighted by Crippen LogP contribution is 2.25. The van der Waals surface area contributed by atoms with Crippen molar-refractivity contribution in [2.75, 3.05) is 38.3 Å². The van der Waals surface area contributed by atoms with E-state index >= 15 is 0 Å². The fourth-order valence-corrected chi connectivity index (χ4v) is 3.24. The highest BCUT2D eigenvalue weighted by molar-refractivity contribution is 5.86. The maximum absolute atomic E-state index is 11.5. The minimum atomic E-state index is -0.507. The molecular weight excluding hydrogens is 364 g/mol. The van der Waals surface area contributed by atoms with Crippen molar-refractivity contribution in [1.82, 2.24) is 15.0 Å². The molecule has 4 rings (SSSR count). The van der Waals surface area contributed by atoms with Gasteiger partial charge in [-0.05, 0) is 19.1 Å². The number of hydrogen-bond acceptors (Lipinski definition) is 9. The van der Waals surface area contributed by atoms with Crippen molar-refractivity contribution in [3.63, 3.8) is 0 Å². The molecule has 2 saturated heterocycles. The van der Waals surface area contributed by atoms with Gasteiger partial charge in [0.2, 0.25) is 0 Å². The van der Waals surface area contributed by atoms with Gasteiger partial charge < -0.3 is 23.8 Å². The van der Waals surface area contributed by atoms with Crippen LogP contribution in [0.25, 0.3) is 0 Å². The number of carbonyl (C=O) groups excluding carboxylic acids is 1. The summed E-state index contributed by atoms with van der Waals surface area (Å²) in [5, 5.41) is 0. The summed E-state index contributed by atoms with van der Waals surface area (Å²) in [7, 11) is 1.31. The molecule has 2 fully saturated rings. The van der Waals surface area contributed by atoms with Crippen LogP contribution in [-0.4, -0.2) is 72.6 Å². The number of anilines is 1. The highest BCUT2D eigenvalue weighted by Gasteiger charge is 2.38. The lowest BCUT2D eigenvalue weighted by Gasteiger charge is -2.20. The van der Waals surface area contributed by atoms with Crippen molar-refractivity contribution in [3.8, 4) is 5.75 Å². The smallest absolute Gasteiger partial charge is 0.358 e. The summed E-state index contributed by atoms with van der Waals surface area (Å²) < 4.78 is 22.6. The lowest BCUT2D eigenvalue weighted by atomic mass is 10.3. The molecule has 2 aromatic heterocycles. The Morgan fingerprint density at radius 2 is 1.82 bits per heavy atom. The predicted octanol–water partition coefficient (Wildman–Crippen LogP) is 1.02. The van der Waals surface area contributed by atoms with Crippen LogP contribution in [0.4, 0.5) is 5.82 Å². The minimum Gasteiger partial charge on any atom is -0.484 e. The van der Waals surface area contributed by atoms with Gasteiger partial charge in [0.05, 0.1) is 38.9 Å². The second-order valence-electron chi connectivity index (χ2n) is 6.78. The first kappa shape index (κ1) is 18.6. The van der Waals surface area contributed by atoms with Crippen molar-refractivity contribution in [3.05, 3.63) is 42.1 Å². The zero-order chi connectivity index (χ0) is 19.5. The van der Waals surface area contributed by atoms with Gasteiger partial charge in [-0.2, -0.15) is 0 Å². The van der Waals surface area contributed by atoms with E-state index in [2.05, 4.69) is 19.7 Å². The van der Waals surface area contributed by atoms with Gasteiger partial charge in [-0.25, -0.2) is 14.8 Å². The number of pyridine rings is 1. The van der Waals surface area contributed by atoms with Gasteiger partial charge in [0.25, 0.3) is 0 Å². The second-order valence-corrected chi connectivity index (χ2v) is 6.78. The summed E-state index contributed by atoms with van der Waals surface area (Å²) in [6.45, 7) is 4.08. The lowest BCUT2D eigenvalue weighted by Crippen LogP contribution is -2.30. The van der Waals surface area contributed by atoms with Gasteiger partial charge in [0, 0.05) is 18.8 Å². The first-order valence-corrected chi connectivity index (χ1v) is 9.10. The average molecular weight is 386 g/mol. The minimum absolute atomic E-state index is 0.0770. The number of fused-ring (bicyclic) bond motifs is 1. The fourth-order valence-electron chi connectivity index (χ4n) is 3.24. The van der Waals surface area contributed by atoms with Crippen LogP contribution in [-0.2, 0) is 14.2 Å². The van der Waals surface area contributed by atoms with E-state index in [0.717, 1.165) is 5.69 Å². The molecule has 2 aliphatic heterocycles. The molecule has 0 spiro atoms. The van der Waals surface area contributed by atoms with Crippen molar-refractivity contribution in [1.29, 1.82) is 0 Å². The molecule has 2 atom stereocenters. The first-order chi connectivity index (χ1) is 13.6. The Kier molecular flexibility index (Phi) is 5.36. The molecule has 148 valence electrons. The molecule has 0 saturated carbocycles. The third-order valence-electron chi connectivity index (χ3n) is 4.75. The number of rotatable bonds is 4. The van der Waals surface area contributed by atoms with Crippen molar-refractivity contribution in [2.24, 2.45) is 0 Å². The number of methoxy groups -OCH3 is 1. The van der Waals surface area contributed by atoms with Crippen LogP contribution in [0.5, 0.6) is 5.75 Å². The van der Waals surface area contributed by atoms with Crippen molar-refractivity contribution >= 4 is 11.8 Å². The molecule has 0 aromatic carbocycles. The Labute approximate surface area is 162 Å². The van der Waals surface area contributed by atoms with E-state index in [1.54, 1.807) is 12.4 Å². The molecule has 2 aromatic rings. The molecule has 9 nitrogen and oxygen atoms in total. The Bertz CT molecular complexity index is 798. The van der Waals surface area contributed by atoms with Gasteiger partial charge in [-0.3, -0.25) is 4.98 Å². The Hall–Kier alpha value is -2.78. The highest BCUT2D eigenvalue weighted by atomic mass is 16.6. The molecule has 0 aliphatic carbocycles. The van der Waals surface area contributed by atoms with Gasteiger partial charge in [-0.15, -0.1) is 0 Å². The van der Waals surface area contributed by atoms with Gasteiger partial charge in [0.1, 0.15) is 29.9 Å². The third kappa shape index (κ3) is 4.05. The average Bonchev–Trinajstić information content (AvgIpc) is 3.05. The summed E-state index contributed by atoms with van der Waals surface area (Å²) >= 11 is 0. The van der Waals surface area contributed by atoms with E-state index in [0.29, 0.717) is 37.9 Å². The molecular formula is C19H22N4O5. The van der Waals surface area contributed by atoms with Crippen LogP contribution >= 0.6 is 0 Å². The topological polar surface area (TPSA) is 95.9 Å². The number of aromatic nitrogens is 3. The first-order valence-electron chi connectivity index (χ1n) is 9.10. The zero-order valence-electron chi connectivity index (χ0n) is 15.8. The maximum Gasteiger partial charge on any atom is 0.358 e. The van der Waals surface area contributed by atoms with Crippen LogP contribution in [0.2, 0.25) is 0 Å². The number of nitrogens with zero attached hydrogens (tertiary/aromatic N) is 4. The number of carbonyl (C=O) groups is 1. The van der Waals surface area contributed by atoms with Crippen LogP contribution in [0.15, 0.2) is 30.7 Å². The second kappa shape index (κ2) is 8.07. The molecule has 28 heavy (non-hydrogen) atoms. The van der Waals surface area contributed by atoms with Crippen LogP contribution in [0, 0.1) is 6.92 Å². The van der Waals surface area contributed by atoms with Crippen LogP contribution < -0.4 is 9.64 Å². The summed E-state index contributed by atoms with van der Waals surface area (Å²) in [5.74, 6) is 0.871. The van der Waals surface area contributed by atoms with E-state index < -0.39 is 5.97 Å². The molecule has 0 bridgehead atoms. The van der Waals surface area contributed by atoms with E-state index in [1.165, 1.54) is 13.3 Å². The van der Waals surface area contributed by atoms with Crippen molar-refractivity contribution < 1.29 is 23.7 Å². The lowest BCUT2D eigenvalue weighted by molar-refractivity contribution is -0.00461. The Balaban J connectivity index is 1.34. The van der Waals surface area contributed by atoms with E-state index in [-0.39, 0.29) is 24.0 Å². The standard InChI is InChI=1S/C19H22N4O5/c1-12-3-4-13(5-20-12)28-14-10-26-16-8-23(9-17(16)27-11-14)18-7-21-15(6-22-18)19(24)25-2/h3-7,14,16-17H,8-11H2,1-2H3/t16-,17-/m0/s1. The maximum atomic E-state index is 11.5. The summed E-state index contributed by atoms with van der Waals surface area (Å²) in [5.41, 5.74) is 1.12. The number of esters is 1. The number of ether oxygens (including phenoxy) is 4. The van der Waals surface area contributed by atoms with E-state index in [4.69, 9.17) is 14.2 Å². The molecule has 4 heterocycles. The fraction of sp³-hybridized carbons (Fsp3) is 0.474. The summed E-state index contributed by atoms with van der Waals surface area (Å²) in [6.07, 6.45) is 4.35. The van der Waals surface area contributed by atoms with Crippen LogP contribution in [0.3, 0.4) is 0 Å². The molecule has 9 heteroatoms. The zero-order valence-corrected chi connectivity index (χ0v) is 15.8.